The molecule has 1 aliphatic heterocycles. The van der Waals surface area contributed by atoms with Crippen LogP contribution in [-0.4, -0.2) is 44.3 Å². The predicted molar refractivity (Wildman–Crippen MR) is 138 cm³/mol. The number of nitrogens with zero attached hydrogens (tertiary/aromatic N) is 1. The third-order valence-electron chi connectivity index (χ3n) is 8.33. The summed E-state index contributed by atoms with van der Waals surface area (Å²) in [5, 5.41) is 10.4. The number of carbonyl (C=O) groups is 1. The number of morpholine rings is 1. The highest BCUT2D eigenvalue weighted by Gasteiger charge is 2.51. The second kappa shape index (κ2) is 9.14. The maximum Gasteiger partial charge on any atom is 0.243 e. The summed E-state index contributed by atoms with van der Waals surface area (Å²) in [7, 11) is 0. The SMILES string of the molecule is O=C(CNc1ccccc1NC12CC3CC(CC(C3)C1)C2)Nc1ccc(N2CCOCC2)cc1. The van der Waals surface area contributed by atoms with Crippen LogP contribution in [-0.2, 0) is 9.53 Å². The highest BCUT2D eigenvalue weighted by Crippen LogP contribution is 2.56. The van der Waals surface area contributed by atoms with Gasteiger partial charge in [0.15, 0.2) is 0 Å². The van der Waals surface area contributed by atoms with Gasteiger partial charge in [-0.2, -0.15) is 0 Å². The molecule has 2 aromatic rings. The number of rotatable bonds is 7. The van der Waals surface area contributed by atoms with Crippen molar-refractivity contribution in [3.05, 3.63) is 48.5 Å². The zero-order chi connectivity index (χ0) is 23.0. The summed E-state index contributed by atoms with van der Waals surface area (Å²) in [6.07, 6.45) is 8.22. The Hall–Kier alpha value is -2.73. The molecule has 4 bridgehead atoms. The minimum atomic E-state index is -0.0382. The van der Waals surface area contributed by atoms with Gasteiger partial charge in [-0.3, -0.25) is 4.79 Å². The summed E-state index contributed by atoms with van der Waals surface area (Å²) in [5.74, 6) is 2.67. The largest absolute Gasteiger partial charge is 0.378 e. The molecular formula is C28H36N4O2. The quantitative estimate of drug-likeness (QED) is 0.545. The van der Waals surface area contributed by atoms with Crippen LogP contribution >= 0.6 is 0 Å². The first-order valence-electron chi connectivity index (χ1n) is 13.0. The third-order valence-corrected chi connectivity index (χ3v) is 8.33. The smallest absolute Gasteiger partial charge is 0.243 e. The monoisotopic (exact) mass is 460 g/mol. The Morgan fingerprint density at radius 2 is 1.50 bits per heavy atom. The fraction of sp³-hybridized carbons (Fsp3) is 0.536. The molecule has 180 valence electrons. The Bertz CT molecular complexity index is 980. The van der Waals surface area contributed by atoms with Crippen LogP contribution in [0.1, 0.15) is 38.5 Å². The van der Waals surface area contributed by atoms with Crippen molar-refractivity contribution in [1.82, 2.24) is 0 Å². The molecule has 1 heterocycles. The van der Waals surface area contributed by atoms with E-state index in [0.29, 0.717) is 0 Å². The lowest BCUT2D eigenvalue weighted by Crippen LogP contribution is -2.54. The lowest BCUT2D eigenvalue weighted by molar-refractivity contribution is -0.114. The van der Waals surface area contributed by atoms with E-state index in [9.17, 15) is 4.79 Å². The summed E-state index contributed by atoms with van der Waals surface area (Å²) in [6.45, 7) is 3.59. The Labute approximate surface area is 202 Å². The standard InChI is InChI=1S/C28H36N4O2/c33-27(30-23-5-7-24(8-6-23)32-9-11-34-12-10-32)19-29-25-3-1-2-4-26(25)31-28-16-20-13-21(17-28)15-22(14-20)18-28/h1-8,20-22,29,31H,9-19H2,(H,30,33). The Kier molecular flexibility index (Phi) is 5.85. The predicted octanol–water partition coefficient (Wildman–Crippen LogP) is 4.95. The molecule has 0 spiro atoms. The number of hydrogen-bond donors (Lipinski definition) is 3. The van der Waals surface area contributed by atoms with Gasteiger partial charge in [0, 0.05) is 30.0 Å². The molecule has 5 aliphatic rings. The van der Waals surface area contributed by atoms with Gasteiger partial charge < -0.3 is 25.6 Å². The van der Waals surface area contributed by atoms with Crippen molar-refractivity contribution >= 4 is 28.7 Å². The van der Waals surface area contributed by atoms with Crippen molar-refractivity contribution in [2.45, 2.75) is 44.1 Å². The maximum atomic E-state index is 12.7. The van der Waals surface area contributed by atoms with Gasteiger partial charge in [0.1, 0.15) is 0 Å². The molecule has 5 fully saturated rings. The van der Waals surface area contributed by atoms with Gasteiger partial charge in [0.2, 0.25) is 5.91 Å². The first-order chi connectivity index (χ1) is 16.6. The highest BCUT2D eigenvalue weighted by molar-refractivity contribution is 5.94. The molecule has 0 unspecified atom stereocenters. The molecule has 0 atom stereocenters. The number of ether oxygens (including phenoxy) is 1. The van der Waals surface area contributed by atoms with Crippen LogP contribution in [0.15, 0.2) is 48.5 Å². The van der Waals surface area contributed by atoms with Gasteiger partial charge in [0.25, 0.3) is 0 Å². The average Bonchev–Trinajstić information content (AvgIpc) is 2.83. The van der Waals surface area contributed by atoms with Gasteiger partial charge >= 0.3 is 0 Å². The molecule has 3 N–H and O–H groups in total. The van der Waals surface area contributed by atoms with E-state index < -0.39 is 0 Å². The van der Waals surface area contributed by atoms with Crippen molar-refractivity contribution in [2.24, 2.45) is 17.8 Å². The minimum absolute atomic E-state index is 0.0382. The Morgan fingerprint density at radius 1 is 0.882 bits per heavy atom. The maximum absolute atomic E-state index is 12.7. The molecule has 6 nitrogen and oxygen atoms in total. The number of hydrogen-bond acceptors (Lipinski definition) is 5. The average molecular weight is 461 g/mol. The van der Waals surface area contributed by atoms with E-state index in [1.165, 1.54) is 44.2 Å². The Morgan fingerprint density at radius 3 is 2.15 bits per heavy atom. The molecule has 0 aromatic heterocycles. The molecule has 0 radical (unpaired) electrons. The number of para-hydroxylation sites is 2. The normalized spacial score (nSPS) is 29.6. The number of anilines is 4. The molecule has 1 saturated heterocycles. The molecule has 7 rings (SSSR count). The third kappa shape index (κ3) is 4.61. The van der Waals surface area contributed by atoms with E-state index in [2.05, 4.69) is 51.2 Å². The molecule has 2 aromatic carbocycles. The Balaban J connectivity index is 1.06. The first kappa shape index (κ1) is 21.8. The summed E-state index contributed by atoms with van der Waals surface area (Å²) in [5.41, 5.74) is 4.38. The van der Waals surface area contributed by atoms with E-state index in [1.54, 1.807) is 0 Å². The van der Waals surface area contributed by atoms with E-state index >= 15 is 0 Å². The van der Waals surface area contributed by atoms with Gasteiger partial charge in [-0.1, -0.05) is 12.1 Å². The van der Waals surface area contributed by atoms with Crippen LogP contribution in [0, 0.1) is 17.8 Å². The van der Waals surface area contributed by atoms with Crippen molar-refractivity contribution in [3.63, 3.8) is 0 Å². The summed E-state index contributed by atoms with van der Waals surface area (Å²) in [6, 6.07) is 16.4. The number of amides is 1. The highest BCUT2D eigenvalue weighted by atomic mass is 16.5. The number of benzene rings is 2. The molecule has 4 aliphatic carbocycles. The number of nitrogens with one attached hydrogen (secondary N) is 3. The van der Waals surface area contributed by atoms with Crippen LogP contribution < -0.4 is 20.9 Å². The lowest BCUT2D eigenvalue weighted by atomic mass is 9.53. The van der Waals surface area contributed by atoms with Crippen molar-refractivity contribution in [2.75, 3.05) is 53.7 Å². The lowest BCUT2D eigenvalue weighted by Gasteiger charge is -2.57. The van der Waals surface area contributed by atoms with Crippen molar-refractivity contribution < 1.29 is 9.53 Å². The second-order valence-corrected chi connectivity index (χ2v) is 10.9. The van der Waals surface area contributed by atoms with Crippen molar-refractivity contribution in [1.29, 1.82) is 0 Å². The van der Waals surface area contributed by atoms with Crippen LogP contribution in [0.25, 0.3) is 0 Å². The van der Waals surface area contributed by atoms with Gasteiger partial charge in [-0.05, 0) is 92.7 Å². The van der Waals surface area contributed by atoms with Gasteiger partial charge in [-0.15, -0.1) is 0 Å². The molecule has 1 amide bonds. The molecule has 4 saturated carbocycles. The summed E-state index contributed by atoms with van der Waals surface area (Å²) in [4.78, 5) is 15.0. The zero-order valence-corrected chi connectivity index (χ0v) is 19.9. The zero-order valence-electron chi connectivity index (χ0n) is 19.9. The minimum Gasteiger partial charge on any atom is -0.378 e. The first-order valence-corrected chi connectivity index (χ1v) is 13.0. The van der Waals surface area contributed by atoms with Crippen LogP contribution in [0.2, 0.25) is 0 Å². The summed E-state index contributed by atoms with van der Waals surface area (Å²) < 4.78 is 5.43. The fourth-order valence-electron chi connectivity index (χ4n) is 7.25. The summed E-state index contributed by atoms with van der Waals surface area (Å²) >= 11 is 0. The molecule has 6 heteroatoms. The topological polar surface area (TPSA) is 65.6 Å². The second-order valence-electron chi connectivity index (χ2n) is 10.9. The van der Waals surface area contributed by atoms with E-state index in [4.69, 9.17) is 4.74 Å². The van der Waals surface area contributed by atoms with E-state index in [0.717, 1.165) is 61.1 Å². The van der Waals surface area contributed by atoms with Crippen molar-refractivity contribution in [3.8, 4) is 0 Å². The van der Waals surface area contributed by atoms with Crippen LogP contribution in [0.3, 0.4) is 0 Å². The number of carbonyl (C=O) groups excluding carboxylic acids is 1. The van der Waals surface area contributed by atoms with Gasteiger partial charge in [0.05, 0.1) is 31.1 Å². The van der Waals surface area contributed by atoms with Gasteiger partial charge in [-0.25, -0.2) is 0 Å². The fourth-order valence-corrected chi connectivity index (χ4v) is 7.25. The van der Waals surface area contributed by atoms with E-state index in [-0.39, 0.29) is 18.0 Å². The molecule has 34 heavy (non-hydrogen) atoms. The molecular weight excluding hydrogens is 424 g/mol. The van der Waals surface area contributed by atoms with Crippen LogP contribution in [0.4, 0.5) is 22.7 Å². The van der Waals surface area contributed by atoms with Crippen LogP contribution in [0.5, 0.6) is 0 Å². The van der Waals surface area contributed by atoms with E-state index in [1.807, 2.05) is 18.2 Å².